The van der Waals surface area contributed by atoms with Gasteiger partial charge >= 0.3 is 6.03 Å². The molecule has 2 N–H and O–H groups in total. The van der Waals surface area contributed by atoms with E-state index in [2.05, 4.69) is 15.6 Å². The van der Waals surface area contributed by atoms with Gasteiger partial charge in [-0.05, 0) is 26.0 Å². The summed E-state index contributed by atoms with van der Waals surface area (Å²) in [5.74, 6) is 0.639. The van der Waals surface area contributed by atoms with Gasteiger partial charge in [-0.15, -0.1) is 11.3 Å². The molecular weight excluding hydrogens is 334 g/mol. The zero-order chi connectivity index (χ0) is 17.6. The Morgan fingerprint density at radius 2 is 1.88 bits per heavy atom. The number of nitrogens with zero attached hydrogens (tertiary/aromatic N) is 1. The van der Waals surface area contributed by atoms with Crippen LogP contribution in [0.4, 0.5) is 15.6 Å². The number of aromatic nitrogens is 1. The molecule has 0 aliphatic carbocycles. The van der Waals surface area contributed by atoms with E-state index in [0.29, 0.717) is 23.2 Å². The number of hydrogen-bond acceptors (Lipinski definition) is 4. The molecule has 0 spiro atoms. The van der Waals surface area contributed by atoms with E-state index >= 15 is 0 Å². The SMILES string of the molecule is CCOc1ccccc1NC(=O)Nc1nc(-c2ccc(C)cc2)cs1. The van der Waals surface area contributed by atoms with Crippen LogP contribution in [0.3, 0.4) is 0 Å². The number of nitrogens with one attached hydrogen (secondary N) is 2. The van der Waals surface area contributed by atoms with Crippen LogP contribution >= 0.6 is 11.3 Å². The second kappa shape index (κ2) is 7.81. The van der Waals surface area contributed by atoms with Crippen LogP contribution in [0.2, 0.25) is 0 Å². The van der Waals surface area contributed by atoms with Gasteiger partial charge in [-0.3, -0.25) is 5.32 Å². The average molecular weight is 353 g/mol. The Kier molecular flexibility index (Phi) is 5.30. The summed E-state index contributed by atoms with van der Waals surface area (Å²) in [6.45, 7) is 4.48. The summed E-state index contributed by atoms with van der Waals surface area (Å²) in [7, 11) is 0. The Labute approximate surface area is 150 Å². The number of amides is 2. The quantitative estimate of drug-likeness (QED) is 0.666. The molecule has 0 aliphatic rings. The highest BCUT2D eigenvalue weighted by molar-refractivity contribution is 7.14. The van der Waals surface area contributed by atoms with Gasteiger partial charge in [-0.2, -0.15) is 0 Å². The van der Waals surface area contributed by atoms with E-state index in [-0.39, 0.29) is 6.03 Å². The molecule has 0 fully saturated rings. The summed E-state index contributed by atoms with van der Waals surface area (Å²) in [4.78, 5) is 16.7. The fourth-order valence-electron chi connectivity index (χ4n) is 2.29. The van der Waals surface area contributed by atoms with Gasteiger partial charge in [-0.1, -0.05) is 42.0 Å². The molecule has 1 aromatic heterocycles. The number of ether oxygens (including phenoxy) is 1. The number of carbonyl (C=O) groups excluding carboxylic acids is 1. The number of carbonyl (C=O) groups is 1. The van der Waals surface area contributed by atoms with Crippen molar-refractivity contribution in [3.8, 4) is 17.0 Å². The largest absolute Gasteiger partial charge is 0.492 e. The maximum absolute atomic E-state index is 12.2. The average Bonchev–Trinajstić information content (AvgIpc) is 3.06. The van der Waals surface area contributed by atoms with Crippen molar-refractivity contribution >= 4 is 28.2 Å². The zero-order valence-electron chi connectivity index (χ0n) is 14.1. The van der Waals surface area contributed by atoms with Gasteiger partial charge in [0.15, 0.2) is 5.13 Å². The molecule has 5 nitrogen and oxygen atoms in total. The van der Waals surface area contributed by atoms with E-state index in [0.717, 1.165) is 11.3 Å². The Morgan fingerprint density at radius 3 is 2.64 bits per heavy atom. The lowest BCUT2D eigenvalue weighted by Gasteiger charge is -2.11. The molecule has 2 aromatic carbocycles. The van der Waals surface area contributed by atoms with Crippen LogP contribution in [-0.2, 0) is 0 Å². The molecule has 0 atom stereocenters. The highest BCUT2D eigenvalue weighted by Crippen LogP contribution is 2.26. The topological polar surface area (TPSA) is 63.2 Å². The van der Waals surface area contributed by atoms with Crippen molar-refractivity contribution in [3.05, 3.63) is 59.5 Å². The highest BCUT2D eigenvalue weighted by atomic mass is 32.1. The highest BCUT2D eigenvalue weighted by Gasteiger charge is 2.10. The van der Waals surface area contributed by atoms with Crippen molar-refractivity contribution in [1.29, 1.82) is 0 Å². The first-order valence-electron chi connectivity index (χ1n) is 7.98. The number of para-hydroxylation sites is 2. The van der Waals surface area contributed by atoms with Crippen molar-refractivity contribution in [1.82, 2.24) is 4.98 Å². The summed E-state index contributed by atoms with van der Waals surface area (Å²) in [6.07, 6.45) is 0. The second-order valence-electron chi connectivity index (χ2n) is 5.41. The van der Waals surface area contributed by atoms with Crippen LogP contribution in [0.5, 0.6) is 5.75 Å². The molecule has 0 bridgehead atoms. The van der Waals surface area contributed by atoms with Crippen molar-refractivity contribution in [2.24, 2.45) is 0 Å². The third kappa shape index (κ3) is 4.36. The van der Waals surface area contributed by atoms with Gasteiger partial charge in [0, 0.05) is 10.9 Å². The molecule has 6 heteroatoms. The third-order valence-corrected chi connectivity index (χ3v) is 4.26. The maximum Gasteiger partial charge on any atom is 0.325 e. The summed E-state index contributed by atoms with van der Waals surface area (Å²) in [6, 6.07) is 15.1. The smallest absolute Gasteiger partial charge is 0.325 e. The van der Waals surface area contributed by atoms with Gasteiger partial charge in [0.05, 0.1) is 18.0 Å². The Balaban J connectivity index is 1.67. The predicted octanol–water partition coefficient (Wildman–Crippen LogP) is 5.16. The van der Waals surface area contributed by atoms with Crippen LogP contribution in [-0.4, -0.2) is 17.6 Å². The van der Waals surface area contributed by atoms with Crippen LogP contribution in [0, 0.1) is 6.92 Å². The molecule has 128 valence electrons. The number of anilines is 2. The number of urea groups is 1. The predicted molar refractivity (Wildman–Crippen MR) is 103 cm³/mol. The molecule has 25 heavy (non-hydrogen) atoms. The number of hydrogen-bond donors (Lipinski definition) is 2. The molecular formula is C19H19N3O2S. The fraction of sp³-hybridized carbons (Fsp3) is 0.158. The molecule has 2 amide bonds. The second-order valence-corrected chi connectivity index (χ2v) is 6.27. The minimum atomic E-state index is -0.350. The van der Waals surface area contributed by atoms with Gasteiger partial charge in [0.2, 0.25) is 0 Å². The van der Waals surface area contributed by atoms with Crippen LogP contribution in [0.25, 0.3) is 11.3 Å². The summed E-state index contributed by atoms with van der Waals surface area (Å²) >= 11 is 1.39. The maximum atomic E-state index is 12.2. The molecule has 0 aliphatic heterocycles. The van der Waals surface area contributed by atoms with Crippen molar-refractivity contribution in [2.75, 3.05) is 17.2 Å². The minimum Gasteiger partial charge on any atom is -0.492 e. The van der Waals surface area contributed by atoms with E-state index in [1.54, 1.807) is 6.07 Å². The molecule has 0 unspecified atom stereocenters. The van der Waals surface area contributed by atoms with E-state index < -0.39 is 0 Å². The van der Waals surface area contributed by atoms with Gasteiger partial charge in [0.1, 0.15) is 5.75 Å². The normalized spacial score (nSPS) is 10.3. The Bertz CT molecular complexity index is 859. The molecule has 3 aromatic rings. The third-order valence-electron chi connectivity index (χ3n) is 3.51. The fourth-order valence-corrected chi connectivity index (χ4v) is 3.00. The number of thiazole rings is 1. The zero-order valence-corrected chi connectivity index (χ0v) is 14.9. The Morgan fingerprint density at radius 1 is 1.12 bits per heavy atom. The number of aryl methyl sites for hydroxylation is 1. The van der Waals surface area contributed by atoms with Crippen molar-refractivity contribution in [2.45, 2.75) is 13.8 Å². The summed E-state index contributed by atoms with van der Waals surface area (Å²) < 4.78 is 5.50. The molecule has 0 saturated carbocycles. The van der Waals surface area contributed by atoms with Crippen molar-refractivity contribution < 1.29 is 9.53 Å². The summed E-state index contributed by atoms with van der Waals surface area (Å²) in [5.41, 5.74) is 3.69. The Hall–Kier alpha value is -2.86. The molecule has 0 saturated heterocycles. The molecule has 0 radical (unpaired) electrons. The first-order chi connectivity index (χ1) is 12.2. The van der Waals surface area contributed by atoms with Crippen molar-refractivity contribution in [3.63, 3.8) is 0 Å². The lowest BCUT2D eigenvalue weighted by atomic mass is 10.1. The molecule has 1 heterocycles. The van der Waals surface area contributed by atoms with Gasteiger partial charge < -0.3 is 10.1 Å². The van der Waals surface area contributed by atoms with E-state index in [1.165, 1.54) is 16.9 Å². The standard InChI is InChI=1S/C19H19N3O2S/c1-3-24-17-7-5-4-6-15(17)20-18(23)22-19-21-16(12-25-19)14-10-8-13(2)9-11-14/h4-12H,3H2,1-2H3,(H2,20,21,22,23). The lowest BCUT2D eigenvalue weighted by Crippen LogP contribution is -2.19. The monoisotopic (exact) mass is 353 g/mol. The van der Waals surface area contributed by atoms with E-state index in [9.17, 15) is 4.79 Å². The first-order valence-corrected chi connectivity index (χ1v) is 8.86. The van der Waals surface area contributed by atoms with Gasteiger partial charge in [-0.25, -0.2) is 9.78 Å². The van der Waals surface area contributed by atoms with E-state index in [4.69, 9.17) is 4.74 Å². The van der Waals surface area contributed by atoms with Gasteiger partial charge in [0.25, 0.3) is 0 Å². The summed E-state index contributed by atoms with van der Waals surface area (Å²) in [5, 5.41) is 8.02. The van der Waals surface area contributed by atoms with Crippen LogP contribution in [0.1, 0.15) is 12.5 Å². The molecule has 3 rings (SSSR count). The number of benzene rings is 2. The number of rotatable bonds is 5. The van der Waals surface area contributed by atoms with Crippen LogP contribution < -0.4 is 15.4 Å². The first kappa shape index (κ1) is 17.0. The van der Waals surface area contributed by atoms with E-state index in [1.807, 2.05) is 61.7 Å². The lowest BCUT2D eigenvalue weighted by molar-refractivity contribution is 0.262. The minimum absolute atomic E-state index is 0.350. The van der Waals surface area contributed by atoms with Crippen LogP contribution in [0.15, 0.2) is 53.9 Å².